The van der Waals surface area contributed by atoms with Crippen LogP contribution in [0.15, 0.2) is 23.3 Å². The number of guanidine groups is 1. The minimum Gasteiger partial charge on any atom is -0.477 e. The van der Waals surface area contributed by atoms with Gasteiger partial charge in [-0.25, -0.2) is 4.98 Å². The summed E-state index contributed by atoms with van der Waals surface area (Å²) >= 11 is 0. The molecular formula is C20H34N4O2. The predicted molar refractivity (Wildman–Crippen MR) is 106 cm³/mol. The third-order valence-electron chi connectivity index (χ3n) is 5.14. The Morgan fingerprint density at radius 2 is 2.15 bits per heavy atom. The van der Waals surface area contributed by atoms with Crippen molar-refractivity contribution in [1.29, 1.82) is 0 Å². The molecule has 2 N–H and O–H groups in total. The predicted octanol–water partition coefficient (Wildman–Crippen LogP) is 3.13. The normalized spacial score (nSPS) is 16.0. The van der Waals surface area contributed by atoms with Crippen molar-refractivity contribution < 1.29 is 9.47 Å². The Morgan fingerprint density at radius 1 is 1.31 bits per heavy atom. The van der Waals surface area contributed by atoms with Crippen LogP contribution < -0.4 is 15.4 Å². The summed E-state index contributed by atoms with van der Waals surface area (Å²) in [6, 6.07) is 3.98. The average molecular weight is 363 g/mol. The van der Waals surface area contributed by atoms with Gasteiger partial charge in [0.1, 0.15) is 0 Å². The Balaban J connectivity index is 1.83. The van der Waals surface area contributed by atoms with E-state index in [2.05, 4.69) is 27.5 Å². The molecule has 1 saturated carbocycles. The van der Waals surface area contributed by atoms with Crippen LogP contribution in [-0.2, 0) is 11.3 Å². The molecule has 0 spiro atoms. The number of methoxy groups -OCH3 is 1. The summed E-state index contributed by atoms with van der Waals surface area (Å²) in [5, 5.41) is 6.87. The molecule has 1 aliphatic rings. The lowest BCUT2D eigenvalue weighted by Gasteiger charge is -2.42. The molecule has 1 heterocycles. The standard InChI is InChI=1S/C20H34N4O2/c1-4-5-13-26-18-17(8-6-12-22-18)15-23-19(21-2)24-16-20(9-7-10-20)11-14-25-3/h6,8,12H,4-5,7,9-11,13-16H2,1-3H3,(H2,21,23,24). The minimum atomic E-state index is 0.357. The Kier molecular flexibility index (Phi) is 8.68. The first-order chi connectivity index (χ1) is 12.7. The van der Waals surface area contributed by atoms with Gasteiger partial charge in [0.05, 0.1) is 6.61 Å². The first-order valence-corrected chi connectivity index (χ1v) is 9.73. The fraction of sp³-hybridized carbons (Fsp3) is 0.700. The number of unbranched alkanes of at least 4 members (excludes halogenated alkanes) is 1. The lowest BCUT2D eigenvalue weighted by atomic mass is 9.67. The second-order valence-corrected chi connectivity index (χ2v) is 7.05. The highest BCUT2D eigenvalue weighted by Crippen LogP contribution is 2.43. The third kappa shape index (κ3) is 6.16. The molecule has 2 rings (SSSR count). The smallest absolute Gasteiger partial charge is 0.218 e. The number of ether oxygens (including phenoxy) is 2. The van der Waals surface area contributed by atoms with Crippen LogP contribution >= 0.6 is 0 Å². The maximum absolute atomic E-state index is 5.80. The number of hydrogen-bond donors (Lipinski definition) is 2. The van der Waals surface area contributed by atoms with Crippen molar-refractivity contribution in [2.75, 3.05) is 33.9 Å². The third-order valence-corrected chi connectivity index (χ3v) is 5.14. The number of hydrogen-bond acceptors (Lipinski definition) is 4. The zero-order chi connectivity index (χ0) is 18.7. The Morgan fingerprint density at radius 3 is 2.81 bits per heavy atom. The van der Waals surface area contributed by atoms with Gasteiger partial charge in [-0.15, -0.1) is 0 Å². The van der Waals surface area contributed by atoms with Crippen molar-refractivity contribution in [1.82, 2.24) is 15.6 Å². The van der Waals surface area contributed by atoms with E-state index in [0.29, 0.717) is 24.4 Å². The molecule has 6 heteroatoms. The Labute approximate surface area is 157 Å². The fourth-order valence-electron chi connectivity index (χ4n) is 3.18. The Bertz CT molecular complexity index is 558. The van der Waals surface area contributed by atoms with Crippen LogP contribution in [0.1, 0.15) is 51.0 Å². The van der Waals surface area contributed by atoms with Crippen LogP contribution in [0.25, 0.3) is 0 Å². The first-order valence-electron chi connectivity index (χ1n) is 9.73. The Hall–Kier alpha value is -1.82. The van der Waals surface area contributed by atoms with Gasteiger partial charge in [-0.05, 0) is 37.2 Å². The zero-order valence-corrected chi connectivity index (χ0v) is 16.5. The monoisotopic (exact) mass is 362 g/mol. The van der Waals surface area contributed by atoms with Gasteiger partial charge < -0.3 is 20.1 Å². The number of rotatable bonds is 11. The van der Waals surface area contributed by atoms with Crippen LogP contribution in [0, 0.1) is 5.41 Å². The molecule has 26 heavy (non-hydrogen) atoms. The van der Waals surface area contributed by atoms with E-state index in [1.54, 1.807) is 20.4 Å². The first kappa shape index (κ1) is 20.5. The van der Waals surface area contributed by atoms with Gasteiger partial charge >= 0.3 is 0 Å². The second kappa shape index (κ2) is 11.0. The minimum absolute atomic E-state index is 0.357. The number of nitrogens with zero attached hydrogens (tertiary/aromatic N) is 2. The number of aromatic nitrogens is 1. The van der Waals surface area contributed by atoms with Gasteiger partial charge in [0.15, 0.2) is 5.96 Å². The second-order valence-electron chi connectivity index (χ2n) is 7.05. The molecule has 6 nitrogen and oxygen atoms in total. The highest BCUT2D eigenvalue weighted by molar-refractivity contribution is 5.79. The van der Waals surface area contributed by atoms with Crippen LogP contribution in [0.2, 0.25) is 0 Å². The molecule has 0 amide bonds. The molecule has 0 bridgehead atoms. The van der Waals surface area contributed by atoms with Crippen molar-refractivity contribution in [3.05, 3.63) is 23.9 Å². The summed E-state index contributed by atoms with van der Waals surface area (Å²) in [5.74, 6) is 1.52. The summed E-state index contributed by atoms with van der Waals surface area (Å²) in [4.78, 5) is 8.71. The van der Waals surface area contributed by atoms with Gasteiger partial charge in [-0.1, -0.05) is 25.8 Å². The zero-order valence-electron chi connectivity index (χ0n) is 16.5. The van der Waals surface area contributed by atoms with Crippen LogP contribution in [0.4, 0.5) is 0 Å². The van der Waals surface area contributed by atoms with Gasteiger partial charge in [0.25, 0.3) is 0 Å². The SMILES string of the molecule is CCCCOc1ncccc1CNC(=NC)NCC1(CCOC)CCC1. The van der Waals surface area contributed by atoms with E-state index < -0.39 is 0 Å². The fourth-order valence-corrected chi connectivity index (χ4v) is 3.18. The largest absolute Gasteiger partial charge is 0.477 e. The van der Waals surface area contributed by atoms with Gasteiger partial charge in [0.2, 0.25) is 5.88 Å². The van der Waals surface area contributed by atoms with Crippen molar-refractivity contribution >= 4 is 5.96 Å². The molecule has 1 aromatic rings. The van der Waals surface area contributed by atoms with E-state index in [-0.39, 0.29) is 0 Å². The molecule has 0 saturated heterocycles. The molecule has 0 radical (unpaired) electrons. The quantitative estimate of drug-likeness (QED) is 0.360. The van der Waals surface area contributed by atoms with E-state index in [1.807, 2.05) is 12.1 Å². The number of pyridine rings is 1. The van der Waals surface area contributed by atoms with E-state index in [1.165, 1.54) is 19.3 Å². The van der Waals surface area contributed by atoms with Gasteiger partial charge in [-0.2, -0.15) is 0 Å². The summed E-state index contributed by atoms with van der Waals surface area (Å²) < 4.78 is 11.1. The highest BCUT2D eigenvalue weighted by atomic mass is 16.5. The van der Waals surface area contributed by atoms with E-state index in [4.69, 9.17) is 9.47 Å². The van der Waals surface area contributed by atoms with Gasteiger partial charge in [0, 0.05) is 45.6 Å². The molecule has 146 valence electrons. The lowest BCUT2D eigenvalue weighted by molar-refractivity contribution is 0.0732. The van der Waals surface area contributed by atoms with Crippen LogP contribution in [0.3, 0.4) is 0 Å². The van der Waals surface area contributed by atoms with Crippen molar-refractivity contribution in [2.24, 2.45) is 10.4 Å². The average Bonchev–Trinajstić information content (AvgIpc) is 2.64. The maximum Gasteiger partial charge on any atom is 0.218 e. The van der Waals surface area contributed by atoms with Crippen molar-refractivity contribution in [3.63, 3.8) is 0 Å². The number of aliphatic imine (C=N–C) groups is 1. The highest BCUT2D eigenvalue weighted by Gasteiger charge is 2.36. The summed E-state index contributed by atoms with van der Waals surface area (Å²) in [5.41, 5.74) is 1.40. The summed E-state index contributed by atoms with van der Waals surface area (Å²) in [6.45, 7) is 5.25. The molecule has 0 aromatic carbocycles. The molecule has 0 unspecified atom stereocenters. The summed E-state index contributed by atoms with van der Waals surface area (Å²) in [7, 11) is 3.58. The molecule has 1 fully saturated rings. The topological polar surface area (TPSA) is 67.8 Å². The molecular weight excluding hydrogens is 328 g/mol. The molecule has 0 atom stereocenters. The maximum atomic E-state index is 5.80. The van der Waals surface area contributed by atoms with E-state index in [9.17, 15) is 0 Å². The van der Waals surface area contributed by atoms with E-state index >= 15 is 0 Å². The molecule has 0 aliphatic heterocycles. The van der Waals surface area contributed by atoms with Gasteiger partial charge in [-0.3, -0.25) is 4.99 Å². The van der Waals surface area contributed by atoms with E-state index in [0.717, 1.165) is 43.9 Å². The van der Waals surface area contributed by atoms with Crippen molar-refractivity contribution in [2.45, 2.75) is 52.0 Å². The van der Waals surface area contributed by atoms with Crippen molar-refractivity contribution in [3.8, 4) is 5.88 Å². The molecule has 1 aliphatic carbocycles. The lowest BCUT2D eigenvalue weighted by Crippen LogP contribution is -2.46. The van der Waals surface area contributed by atoms with Crippen LogP contribution in [-0.4, -0.2) is 44.9 Å². The number of nitrogens with one attached hydrogen (secondary N) is 2. The molecule has 1 aromatic heterocycles. The summed E-state index contributed by atoms with van der Waals surface area (Å²) in [6.07, 6.45) is 8.86. The van der Waals surface area contributed by atoms with Crippen LogP contribution in [0.5, 0.6) is 5.88 Å².